The summed E-state index contributed by atoms with van der Waals surface area (Å²) in [5.74, 6) is 1.74. The summed E-state index contributed by atoms with van der Waals surface area (Å²) in [6, 6.07) is 0. The maximum Gasteiger partial charge on any atom is 0.111 e. The zero-order valence-corrected chi connectivity index (χ0v) is 14.9. The van der Waals surface area contributed by atoms with Crippen LogP contribution in [0.4, 0.5) is 0 Å². The Morgan fingerprint density at radius 3 is 2.00 bits per heavy atom. The van der Waals surface area contributed by atoms with Crippen LogP contribution >= 0.6 is 0 Å². The van der Waals surface area contributed by atoms with Crippen LogP contribution in [-0.2, 0) is 6.54 Å². The summed E-state index contributed by atoms with van der Waals surface area (Å²) in [4.78, 5) is 4.44. The zero-order chi connectivity index (χ0) is 16.2. The number of aryl methyl sites for hydroxylation is 1. The fraction of sp³-hybridized carbons (Fsp3) is 0.842. The van der Waals surface area contributed by atoms with Gasteiger partial charge in [-0.15, -0.1) is 0 Å². The van der Waals surface area contributed by atoms with Gasteiger partial charge in [-0.3, -0.25) is 0 Å². The standard InChI is InChI=1S/C19H36N2O/c1-17(2)19-20-14-16-21(19)15-12-10-8-6-4-5-7-9-11-13-18(3)22/h14,16-18,22H,4-13,15H2,1-3H3. The van der Waals surface area contributed by atoms with E-state index in [4.69, 9.17) is 0 Å². The molecule has 1 atom stereocenters. The van der Waals surface area contributed by atoms with E-state index in [0.29, 0.717) is 5.92 Å². The van der Waals surface area contributed by atoms with Crippen LogP contribution < -0.4 is 0 Å². The van der Waals surface area contributed by atoms with Gasteiger partial charge < -0.3 is 9.67 Å². The second kappa shape index (κ2) is 11.7. The highest BCUT2D eigenvalue weighted by atomic mass is 16.3. The van der Waals surface area contributed by atoms with Crippen LogP contribution in [0.1, 0.15) is 96.7 Å². The molecule has 3 nitrogen and oxygen atoms in total. The molecule has 0 saturated carbocycles. The van der Waals surface area contributed by atoms with Crippen LogP contribution in [0.15, 0.2) is 12.4 Å². The van der Waals surface area contributed by atoms with Gasteiger partial charge in [0, 0.05) is 24.9 Å². The lowest BCUT2D eigenvalue weighted by Gasteiger charge is -2.10. The molecule has 0 aromatic carbocycles. The molecule has 1 aromatic rings. The highest BCUT2D eigenvalue weighted by molar-refractivity contribution is 4.97. The molecule has 0 fully saturated rings. The first-order chi connectivity index (χ1) is 10.6. The molecule has 0 aliphatic heterocycles. The minimum atomic E-state index is -0.119. The number of imidazole rings is 1. The molecule has 0 radical (unpaired) electrons. The van der Waals surface area contributed by atoms with Crippen LogP contribution in [-0.4, -0.2) is 20.8 Å². The molecule has 1 N–H and O–H groups in total. The van der Waals surface area contributed by atoms with E-state index in [9.17, 15) is 5.11 Å². The van der Waals surface area contributed by atoms with Gasteiger partial charge in [0.25, 0.3) is 0 Å². The average molecular weight is 309 g/mol. The summed E-state index contributed by atoms with van der Waals surface area (Å²) in [5.41, 5.74) is 0. The molecule has 0 saturated heterocycles. The lowest BCUT2D eigenvalue weighted by Crippen LogP contribution is -2.04. The van der Waals surface area contributed by atoms with Gasteiger partial charge in [0.1, 0.15) is 5.82 Å². The Morgan fingerprint density at radius 1 is 0.909 bits per heavy atom. The van der Waals surface area contributed by atoms with Crippen molar-refractivity contribution < 1.29 is 5.11 Å². The fourth-order valence-corrected chi connectivity index (χ4v) is 2.97. The monoisotopic (exact) mass is 308 g/mol. The molecular formula is C19H36N2O. The average Bonchev–Trinajstić information content (AvgIpc) is 2.93. The molecule has 1 rings (SSSR count). The van der Waals surface area contributed by atoms with Crippen LogP contribution in [0.2, 0.25) is 0 Å². The van der Waals surface area contributed by atoms with E-state index in [0.717, 1.165) is 13.0 Å². The van der Waals surface area contributed by atoms with Crippen molar-refractivity contribution in [2.45, 2.75) is 104 Å². The Bertz CT molecular complexity index is 371. The van der Waals surface area contributed by atoms with Crippen molar-refractivity contribution in [3.05, 3.63) is 18.2 Å². The molecule has 0 spiro atoms. The zero-order valence-electron chi connectivity index (χ0n) is 14.9. The lowest BCUT2D eigenvalue weighted by atomic mass is 10.1. The van der Waals surface area contributed by atoms with Crippen molar-refractivity contribution >= 4 is 0 Å². The normalized spacial score (nSPS) is 13.0. The summed E-state index contributed by atoms with van der Waals surface area (Å²) < 4.78 is 2.31. The van der Waals surface area contributed by atoms with E-state index in [1.807, 2.05) is 13.1 Å². The Labute approximate surface area is 137 Å². The summed E-state index contributed by atoms with van der Waals surface area (Å²) in [7, 11) is 0. The molecule has 0 aliphatic carbocycles. The van der Waals surface area contributed by atoms with Gasteiger partial charge in [-0.25, -0.2) is 4.98 Å². The molecular weight excluding hydrogens is 272 g/mol. The first-order valence-corrected chi connectivity index (χ1v) is 9.30. The van der Waals surface area contributed by atoms with Crippen molar-refractivity contribution in [2.24, 2.45) is 0 Å². The van der Waals surface area contributed by atoms with E-state index in [1.54, 1.807) is 0 Å². The highest BCUT2D eigenvalue weighted by Gasteiger charge is 2.06. The molecule has 0 bridgehead atoms. The quantitative estimate of drug-likeness (QED) is 0.503. The number of aliphatic hydroxyl groups excluding tert-OH is 1. The Hall–Kier alpha value is -0.830. The third-order valence-corrected chi connectivity index (χ3v) is 4.28. The molecule has 1 unspecified atom stereocenters. The van der Waals surface area contributed by atoms with Crippen LogP contribution in [0, 0.1) is 0 Å². The Morgan fingerprint density at radius 2 is 1.45 bits per heavy atom. The summed E-state index contributed by atoms with van der Waals surface area (Å²) in [6.07, 6.45) is 16.7. The van der Waals surface area contributed by atoms with E-state index in [2.05, 4.69) is 29.6 Å². The molecule has 3 heteroatoms. The molecule has 0 amide bonds. The largest absolute Gasteiger partial charge is 0.393 e. The predicted molar refractivity (Wildman–Crippen MR) is 94.2 cm³/mol. The third-order valence-electron chi connectivity index (χ3n) is 4.28. The predicted octanol–water partition coefficient (Wildman–Crippen LogP) is 5.29. The number of hydrogen-bond donors (Lipinski definition) is 1. The summed E-state index contributed by atoms with van der Waals surface area (Å²) >= 11 is 0. The van der Waals surface area contributed by atoms with Crippen LogP contribution in [0.5, 0.6) is 0 Å². The van der Waals surface area contributed by atoms with Crippen molar-refractivity contribution in [2.75, 3.05) is 0 Å². The molecule has 1 heterocycles. The number of aromatic nitrogens is 2. The molecule has 1 aromatic heterocycles. The van der Waals surface area contributed by atoms with Gasteiger partial charge in [0.2, 0.25) is 0 Å². The Kier molecular flexibility index (Phi) is 10.2. The lowest BCUT2D eigenvalue weighted by molar-refractivity contribution is 0.180. The number of hydrogen-bond acceptors (Lipinski definition) is 2. The van der Waals surface area contributed by atoms with Gasteiger partial charge >= 0.3 is 0 Å². The van der Waals surface area contributed by atoms with Gasteiger partial charge in [0.15, 0.2) is 0 Å². The highest BCUT2D eigenvalue weighted by Crippen LogP contribution is 2.14. The number of unbranched alkanes of at least 4 members (excludes halogenated alkanes) is 8. The van der Waals surface area contributed by atoms with Gasteiger partial charge in [-0.05, 0) is 19.8 Å². The van der Waals surface area contributed by atoms with E-state index in [-0.39, 0.29) is 6.10 Å². The topological polar surface area (TPSA) is 38.0 Å². The van der Waals surface area contributed by atoms with Crippen molar-refractivity contribution in [3.8, 4) is 0 Å². The first-order valence-electron chi connectivity index (χ1n) is 9.30. The molecule has 128 valence electrons. The minimum absolute atomic E-state index is 0.119. The summed E-state index contributed by atoms with van der Waals surface area (Å²) in [6.45, 7) is 7.42. The smallest absolute Gasteiger partial charge is 0.111 e. The maximum atomic E-state index is 9.19. The molecule has 0 aliphatic rings. The van der Waals surface area contributed by atoms with Gasteiger partial charge in [0.05, 0.1) is 6.10 Å². The second-order valence-corrected chi connectivity index (χ2v) is 6.95. The first kappa shape index (κ1) is 19.2. The maximum absolute atomic E-state index is 9.19. The second-order valence-electron chi connectivity index (χ2n) is 6.95. The van der Waals surface area contributed by atoms with E-state index < -0.39 is 0 Å². The van der Waals surface area contributed by atoms with E-state index in [1.165, 1.54) is 63.6 Å². The minimum Gasteiger partial charge on any atom is -0.393 e. The molecule has 22 heavy (non-hydrogen) atoms. The SMILES string of the molecule is CC(O)CCCCCCCCCCCn1ccnc1C(C)C. The van der Waals surface area contributed by atoms with Crippen molar-refractivity contribution in [1.29, 1.82) is 0 Å². The summed E-state index contributed by atoms with van der Waals surface area (Å²) in [5, 5.41) is 9.19. The van der Waals surface area contributed by atoms with Gasteiger partial charge in [-0.1, -0.05) is 65.2 Å². The Balaban J connectivity index is 1.90. The fourth-order valence-electron chi connectivity index (χ4n) is 2.97. The number of nitrogens with zero attached hydrogens (tertiary/aromatic N) is 2. The third kappa shape index (κ3) is 8.57. The van der Waals surface area contributed by atoms with Crippen LogP contribution in [0.25, 0.3) is 0 Å². The van der Waals surface area contributed by atoms with Crippen LogP contribution in [0.3, 0.4) is 0 Å². The van der Waals surface area contributed by atoms with Crippen molar-refractivity contribution in [1.82, 2.24) is 9.55 Å². The van der Waals surface area contributed by atoms with E-state index >= 15 is 0 Å². The van der Waals surface area contributed by atoms with Crippen molar-refractivity contribution in [3.63, 3.8) is 0 Å². The van der Waals surface area contributed by atoms with Gasteiger partial charge in [-0.2, -0.15) is 0 Å². The number of rotatable bonds is 13. The number of aliphatic hydroxyl groups is 1.